The molecule has 0 saturated carbocycles. The normalized spacial score (nSPS) is 16.1. The zero-order chi connectivity index (χ0) is 20.2. The molecule has 2 heterocycles. The van der Waals surface area contributed by atoms with E-state index in [0.717, 1.165) is 29.7 Å². The molecule has 0 aliphatic carbocycles. The highest BCUT2D eigenvalue weighted by molar-refractivity contribution is 7.22. The van der Waals surface area contributed by atoms with Crippen LogP contribution in [0.15, 0.2) is 42.5 Å². The first-order chi connectivity index (χ1) is 14.1. The molecule has 0 N–H and O–H groups in total. The first-order valence-corrected chi connectivity index (χ1v) is 10.6. The summed E-state index contributed by atoms with van der Waals surface area (Å²) in [5.41, 5.74) is 0.810. The first-order valence-electron chi connectivity index (χ1n) is 9.38. The molecule has 6 nitrogen and oxygen atoms in total. The summed E-state index contributed by atoms with van der Waals surface area (Å²) in [5, 5.41) is 1.26. The molecule has 0 spiro atoms. The number of carbonyl (C=O) groups excluding carboxylic acids is 1. The lowest BCUT2D eigenvalue weighted by atomic mass is 10.2. The Labute approximate surface area is 178 Å². The molecular weight excluding hydrogens is 412 g/mol. The van der Waals surface area contributed by atoms with Crippen LogP contribution in [0.1, 0.15) is 12.8 Å². The van der Waals surface area contributed by atoms with Gasteiger partial charge in [-0.05, 0) is 43.2 Å². The summed E-state index contributed by atoms with van der Waals surface area (Å²) in [4.78, 5) is 19.4. The van der Waals surface area contributed by atoms with E-state index in [1.807, 2.05) is 24.3 Å². The van der Waals surface area contributed by atoms with Gasteiger partial charge in [0, 0.05) is 11.6 Å². The molecule has 3 aromatic rings. The van der Waals surface area contributed by atoms with Gasteiger partial charge in [0.2, 0.25) is 0 Å². The minimum atomic E-state index is -0.184. The van der Waals surface area contributed by atoms with Crippen molar-refractivity contribution in [2.45, 2.75) is 18.9 Å². The number of anilines is 1. The lowest BCUT2D eigenvalue weighted by molar-refractivity contribution is -0.121. The van der Waals surface area contributed by atoms with Crippen molar-refractivity contribution in [3.05, 3.63) is 47.5 Å². The Hall–Kier alpha value is -2.35. The molecular formula is C21H21ClN2O4S. The van der Waals surface area contributed by atoms with Crippen LogP contribution in [-0.4, -0.2) is 43.9 Å². The number of fused-ring (bicyclic) bond motifs is 1. The van der Waals surface area contributed by atoms with Gasteiger partial charge in [-0.25, -0.2) is 4.98 Å². The van der Waals surface area contributed by atoms with E-state index in [2.05, 4.69) is 4.98 Å². The van der Waals surface area contributed by atoms with Gasteiger partial charge in [-0.2, -0.15) is 0 Å². The van der Waals surface area contributed by atoms with Gasteiger partial charge in [-0.3, -0.25) is 9.69 Å². The molecule has 29 heavy (non-hydrogen) atoms. The number of benzene rings is 2. The molecule has 1 fully saturated rings. The molecule has 1 aromatic heterocycles. The summed E-state index contributed by atoms with van der Waals surface area (Å²) in [5.74, 6) is 0.925. The average Bonchev–Trinajstić information content (AvgIpc) is 3.39. The quantitative estimate of drug-likeness (QED) is 0.548. The van der Waals surface area contributed by atoms with Crippen LogP contribution in [0.3, 0.4) is 0 Å². The van der Waals surface area contributed by atoms with Crippen LogP contribution >= 0.6 is 22.9 Å². The molecule has 1 aliphatic heterocycles. The first kappa shape index (κ1) is 19.9. The fraction of sp³-hybridized carbons (Fsp3) is 0.333. The van der Waals surface area contributed by atoms with Crippen LogP contribution in [0.2, 0.25) is 5.02 Å². The maximum Gasteiger partial charge on any atom is 0.266 e. The molecule has 1 atom stereocenters. The van der Waals surface area contributed by atoms with Crippen molar-refractivity contribution in [2.24, 2.45) is 0 Å². The summed E-state index contributed by atoms with van der Waals surface area (Å²) < 4.78 is 17.7. The fourth-order valence-corrected chi connectivity index (χ4v) is 4.50. The van der Waals surface area contributed by atoms with Crippen LogP contribution in [-0.2, 0) is 9.53 Å². The summed E-state index contributed by atoms with van der Waals surface area (Å²) in [7, 11) is 1.57. The Kier molecular flexibility index (Phi) is 6.18. The predicted octanol–water partition coefficient (Wildman–Crippen LogP) is 4.55. The van der Waals surface area contributed by atoms with Crippen molar-refractivity contribution in [3.8, 4) is 11.5 Å². The van der Waals surface area contributed by atoms with E-state index in [9.17, 15) is 4.79 Å². The van der Waals surface area contributed by atoms with Crippen LogP contribution < -0.4 is 14.4 Å². The van der Waals surface area contributed by atoms with E-state index >= 15 is 0 Å². The molecule has 4 rings (SSSR count). The number of aromatic nitrogens is 1. The molecule has 1 saturated heterocycles. The number of methoxy groups -OCH3 is 1. The second-order valence-corrected chi connectivity index (χ2v) is 8.13. The standard InChI is InChI=1S/C21H21ClN2O4S/c1-26-17-6-2-3-7-18(17)28-13-20(25)24(12-15-5-4-10-27-15)21-23-16-9-8-14(22)11-19(16)29-21/h2-3,6-9,11,15H,4-5,10,12-13H2,1H3. The third-order valence-electron chi connectivity index (χ3n) is 4.70. The zero-order valence-corrected chi connectivity index (χ0v) is 17.5. The fourth-order valence-electron chi connectivity index (χ4n) is 3.24. The molecule has 1 aliphatic rings. The number of nitrogens with zero attached hydrogens (tertiary/aromatic N) is 2. The predicted molar refractivity (Wildman–Crippen MR) is 114 cm³/mol. The van der Waals surface area contributed by atoms with E-state index in [1.165, 1.54) is 11.3 Å². The van der Waals surface area contributed by atoms with Crippen LogP contribution in [0, 0.1) is 0 Å². The van der Waals surface area contributed by atoms with E-state index < -0.39 is 0 Å². The van der Waals surface area contributed by atoms with E-state index in [4.69, 9.17) is 25.8 Å². The number of hydrogen-bond acceptors (Lipinski definition) is 6. The van der Waals surface area contributed by atoms with Crippen LogP contribution in [0.4, 0.5) is 5.13 Å². The highest BCUT2D eigenvalue weighted by atomic mass is 35.5. The average molecular weight is 433 g/mol. The molecule has 1 amide bonds. The third-order valence-corrected chi connectivity index (χ3v) is 5.98. The van der Waals surface area contributed by atoms with Gasteiger partial charge in [-0.15, -0.1) is 0 Å². The SMILES string of the molecule is COc1ccccc1OCC(=O)N(CC1CCCO1)c1nc2ccc(Cl)cc2s1. The number of hydrogen-bond donors (Lipinski definition) is 0. The van der Waals surface area contributed by atoms with Crippen molar-refractivity contribution in [1.29, 1.82) is 0 Å². The lowest BCUT2D eigenvalue weighted by Crippen LogP contribution is -2.40. The second-order valence-electron chi connectivity index (χ2n) is 6.69. The number of rotatable bonds is 7. The number of thiazole rings is 1. The maximum absolute atomic E-state index is 13.1. The van der Waals surface area contributed by atoms with E-state index in [-0.39, 0.29) is 18.6 Å². The lowest BCUT2D eigenvalue weighted by Gasteiger charge is -2.23. The second kappa shape index (κ2) is 8.98. The van der Waals surface area contributed by atoms with Gasteiger partial charge in [0.25, 0.3) is 5.91 Å². The molecule has 152 valence electrons. The van der Waals surface area contributed by atoms with Crippen LogP contribution in [0.25, 0.3) is 10.2 Å². The minimum Gasteiger partial charge on any atom is -0.493 e. The largest absolute Gasteiger partial charge is 0.493 e. The van der Waals surface area contributed by atoms with Crippen LogP contribution in [0.5, 0.6) is 11.5 Å². The molecule has 0 bridgehead atoms. The Morgan fingerprint density at radius 1 is 1.31 bits per heavy atom. The molecule has 8 heteroatoms. The summed E-state index contributed by atoms with van der Waals surface area (Å²) in [6, 6.07) is 12.8. The summed E-state index contributed by atoms with van der Waals surface area (Å²) >= 11 is 7.53. The Morgan fingerprint density at radius 3 is 2.90 bits per heavy atom. The van der Waals surface area contributed by atoms with Crippen molar-refractivity contribution < 1.29 is 19.0 Å². The summed E-state index contributed by atoms with van der Waals surface area (Å²) in [6.07, 6.45) is 1.93. The molecule has 0 radical (unpaired) electrons. The highest BCUT2D eigenvalue weighted by Crippen LogP contribution is 2.32. The highest BCUT2D eigenvalue weighted by Gasteiger charge is 2.26. The zero-order valence-electron chi connectivity index (χ0n) is 16.0. The van der Waals surface area contributed by atoms with Crippen molar-refractivity contribution in [3.63, 3.8) is 0 Å². The van der Waals surface area contributed by atoms with Gasteiger partial charge in [-0.1, -0.05) is 35.1 Å². The number of ether oxygens (including phenoxy) is 3. The smallest absolute Gasteiger partial charge is 0.266 e. The topological polar surface area (TPSA) is 60.9 Å². The van der Waals surface area contributed by atoms with Gasteiger partial charge in [0.05, 0.1) is 30.0 Å². The van der Waals surface area contributed by atoms with Gasteiger partial charge >= 0.3 is 0 Å². The monoisotopic (exact) mass is 432 g/mol. The number of para-hydroxylation sites is 2. The Balaban J connectivity index is 1.56. The van der Waals surface area contributed by atoms with E-state index in [1.54, 1.807) is 30.2 Å². The van der Waals surface area contributed by atoms with Gasteiger partial charge in [0.15, 0.2) is 23.2 Å². The van der Waals surface area contributed by atoms with Gasteiger partial charge in [0.1, 0.15) is 0 Å². The minimum absolute atomic E-state index is 0.000751. The van der Waals surface area contributed by atoms with E-state index in [0.29, 0.717) is 28.2 Å². The third kappa shape index (κ3) is 4.63. The number of carbonyl (C=O) groups is 1. The van der Waals surface area contributed by atoms with Crippen molar-refractivity contribution in [2.75, 3.05) is 31.8 Å². The summed E-state index contributed by atoms with van der Waals surface area (Å²) in [6.45, 7) is 1.05. The molecule has 1 unspecified atom stereocenters. The molecule has 2 aromatic carbocycles. The van der Waals surface area contributed by atoms with Crippen molar-refractivity contribution >= 4 is 44.2 Å². The Bertz CT molecular complexity index is 1000. The number of halogens is 1. The Morgan fingerprint density at radius 2 is 2.14 bits per heavy atom. The van der Waals surface area contributed by atoms with Gasteiger partial charge < -0.3 is 14.2 Å². The number of amides is 1. The van der Waals surface area contributed by atoms with Crippen molar-refractivity contribution in [1.82, 2.24) is 4.98 Å². The maximum atomic E-state index is 13.1.